The maximum atomic E-state index is 12.2. The fraction of sp³-hybridized carbons (Fsp3) is 0.778. The number of ether oxygens (including phenoxy) is 3. The van der Waals surface area contributed by atoms with Crippen molar-refractivity contribution in [2.75, 3.05) is 7.11 Å². The van der Waals surface area contributed by atoms with Crippen molar-refractivity contribution >= 4 is 11.9 Å². The van der Waals surface area contributed by atoms with Crippen molar-refractivity contribution < 1.29 is 34.0 Å². The molecule has 0 amide bonds. The molecule has 8 unspecified atom stereocenters. The molecule has 0 spiro atoms. The van der Waals surface area contributed by atoms with E-state index in [4.69, 9.17) is 14.2 Å². The molecule has 7 nitrogen and oxygen atoms in total. The summed E-state index contributed by atoms with van der Waals surface area (Å²) in [5, 5.41) is 22.2. The third-order valence-electron chi connectivity index (χ3n) is 6.00. The molecule has 2 fully saturated rings. The lowest BCUT2D eigenvalue weighted by molar-refractivity contribution is -0.155. The van der Waals surface area contributed by atoms with Crippen molar-refractivity contribution in [3.8, 4) is 0 Å². The number of carbonyl (C=O) groups is 2. The molecule has 8 atom stereocenters. The van der Waals surface area contributed by atoms with E-state index in [0.29, 0.717) is 5.57 Å². The highest BCUT2D eigenvalue weighted by molar-refractivity contribution is 5.75. The van der Waals surface area contributed by atoms with Gasteiger partial charge in [0.2, 0.25) is 0 Å². The molecule has 3 rings (SSSR count). The fourth-order valence-electron chi connectivity index (χ4n) is 4.82. The fourth-order valence-corrected chi connectivity index (χ4v) is 4.82. The highest BCUT2D eigenvalue weighted by atomic mass is 16.6. The number of hydrogen-bond donors (Lipinski definition) is 2. The van der Waals surface area contributed by atoms with Crippen LogP contribution in [0.3, 0.4) is 0 Å². The van der Waals surface area contributed by atoms with Crippen LogP contribution in [0, 0.1) is 17.8 Å². The van der Waals surface area contributed by atoms with Gasteiger partial charge in [0.25, 0.3) is 0 Å². The summed E-state index contributed by atoms with van der Waals surface area (Å²) in [5.41, 5.74) is -2.11. The molecule has 140 valence electrons. The van der Waals surface area contributed by atoms with Gasteiger partial charge in [-0.3, -0.25) is 9.59 Å². The third kappa shape index (κ3) is 2.69. The molecule has 1 aliphatic heterocycles. The lowest BCUT2D eigenvalue weighted by Gasteiger charge is -2.37. The average molecular weight is 354 g/mol. The van der Waals surface area contributed by atoms with E-state index in [2.05, 4.69) is 0 Å². The summed E-state index contributed by atoms with van der Waals surface area (Å²) in [7, 11) is 1.48. The van der Waals surface area contributed by atoms with Crippen molar-refractivity contribution in [2.24, 2.45) is 17.8 Å². The summed E-state index contributed by atoms with van der Waals surface area (Å²) in [5.74, 6) is -2.44. The van der Waals surface area contributed by atoms with Crippen molar-refractivity contribution in [3.63, 3.8) is 0 Å². The monoisotopic (exact) mass is 354 g/mol. The molecule has 0 aromatic heterocycles. The SMILES string of the molecule is COC1C=C2C(C3OC(=O)C(C)C3C(OC(C)=O)CC2(C)O)C1(C)O. The predicted octanol–water partition coefficient (Wildman–Crippen LogP) is 0.573. The zero-order valence-electron chi connectivity index (χ0n) is 15.2. The summed E-state index contributed by atoms with van der Waals surface area (Å²) in [6.07, 6.45) is -0.165. The Bertz CT molecular complexity index is 621. The first kappa shape index (κ1) is 18.4. The second-order valence-electron chi connectivity index (χ2n) is 7.88. The van der Waals surface area contributed by atoms with Crippen LogP contribution in [0.25, 0.3) is 0 Å². The molecule has 0 bridgehead atoms. The first-order valence-electron chi connectivity index (χ1n) is 8.58. The number of rotatable bonds is 2. The third-order valence-corrected chi connectivity index (χ3v) is 6.00. The number of esters is 2. The molecule has 2 N–H and O–H groups in total. The maximum Gasteiger partial charge on any atom is 0.309 e. The van der Waals surface area contributed by atoms with Gasteiger partial charge in [0.05, 0.1) is 17.4 Å². The quantitative estimate of drug-likeness (QED) is 0.552. The molecule has 1 saturated heterocycles. The second kappa shape index (κ2) is 5.79. The van der Waals surface area contributed by atoms with Gasteiger partial charge < -0.3 is 24.4 Å². The van der Waals surface area contributed by atoms with Crippen molar-refractivity contribution in [1.29, 1.82) is 0 Å². The van der Waals surface area contributed by atoms with Crippen LogP contribution >= 0.6 is 0 Å². The van der Waals surface area contributed by atoms with Gasteiger partial charge in [-0.1, -0.05) is 13.0 Å². The molecule has 2 aliphatic carbocycles. The van der Waals surface area contributed by atoms with Gasteiger partial charge in [0, 0.05) is 26.4 Å². The first-order valence-corrected chi connectivity index (χ1v) is 8.58. The van der Waals surface area contributed by atoms with E-state index in [9.17, 15) is 19.8 Å². The number of hydrogen-bond acceptors (Lipinski definition) is 7. The van der Waals surface area contributed by atoms with Crippen LogP contribution in [0.5, 0.6) is 0 Å². The van der Waals surface area contributed by atoms with Crippen LogP contribution in [-0.4, -0.2) is 58.8 Å². The number of carbonyl (C=O) groups excluding carboxylic acids is 2. The molecule has 0 aromatic carbocycles. The Hall–Kier alpha value is -1.44. The summed E-state index contributed by atoms with van der Waals surface area (Å²) in [4.78, 5) is 23.8. The van der Waals surface area contributed by atoms with Crippen LogP contribution in [0.4, 0.5) is 0 Å². The van der Waals surface area contributed by atoms with Crippen LogP contribution in [-0.2, 0) is 23.8 Å². The first-order chi connectivity index (χ1) is 11.5. The molecular formula is C18H26O7. The highest BCUT2D eigenvalue weighted by Gasteiger charge is 2.64. The van der Waals surface area contributed by atoms with E-state index in [-0.39, 0.29) is 12.4 Å². The maximum absolute atomic E-state index is 12.2. The summed E-state index contributed by atoms with van der Waals surface area (Å²) < 4.78 is 16.4. The van der Waals surface area contributed by atoms with Gasteiger partial charge in [-0.15, -0.1) is 0 Å². The lowest BCUT2D eigenvalue weighted by atomic mass is 9.75. The molecule has 7 heteroatoms. The number of aliphatic hydroxyl groups is 2. The summed E-state index contributed by atoms with van der Waals surface area (Å²) in [6, 6.07) is 0. The van der Waals surface area contributed by atoms with Gasteiger partial charge in [0.15, 0.2) is 0 Å². The van der Waals surface area contributed by atoms with Crippen LogP contribution in [0.2, 0.25) is 0 Å². The van der Waals surface area contributed by atoms with Crippen molar-refractivity contribution in [2.45, 2.75) is 63.6 Å². The molecule has 0 radical (unpaired) electrons. The standard InChI is InChI=1S/C18H26O7/c1-8-13-11(24-9(2)19)7-17(3,21)10-6-12(23-5)18(4,22)14(10)15(13)25-16(8)20/h6,8,11-15,21-22H,7H2,1-5H3. The second-order valence-corrected chi connectivity index (χ2v) is 7.88. The van der Waals surface area contributed by atoms with Gasteiger partial charge >= 0.3 is 11.9 Å². The van der Waals surface area contributed by atoms with Gasteiger partial charge in [-0.2, -0.15) is 0 Å². The van der Waals surface area contributed by atoms with Gasteiger partial charge in [0.1, 0.15) is 23.9 Å². The Balaban J connectivity index is 2.12. The molecule has 0 aromatic rings. The Kier molecular flexibility index (Phi) is 4.25. The van der Waals surface area contributed by atoms with E-state index in [1.807, 2.05) is 0 Å². The zero-order chi connectivity index (χ0) is 18.7. The average Bonchev–Trinajstić information content (AvgIpc) is 2.88. The Morgan fingerprint density at radius 2 is 2.00 bits per heavy atom. The van der Waals surface area contributed by atoms with E-state index >= 15 is 0 Å². The van der Waals surface area contributed by atoms with E-state index in [0.717, 1.165) is 0 Å². The largest absolute Gasteiger partial charge is 0.462 e. The van der Waals surface area contributed by atoms with Crippen LogP contribution < -0.4 is 0 Å². The molecule has 25 heavy (non-hydrogen) atoms. The summed E-state index contributed by atoms with van der Waals surface area (Å²) in [6.45, 7) is 6.27. The van der Waals surface area contributed by atoms with Crippen molar-refractivity contribution in [1.82, 2.24) is 0 Å². The van der Waals surface area contributed by atoms with Crippen LogP contribution in [0.15, 0.2) is 11.6 Å². The van der Waals surface area contributed by atoms with Gasteiger partial charge in [-0.25, -0.2) is 0 Å². The smallest absolute Gasteiger partial charge is 0.309 e. The highest BCUT2D eigenvalue weighted by Crippen LogP contribution is 2.54. The van der Waals surface area contributed by atoms with E-state index < -0.39 is 53.2 Å². The van der Waals surface area contributed by atoms with Crippen LogP contribution in [0.1, 0.15) is 34.1 Å². The Morgan fingerprint density at radius 3 is 2.56 bits per heavy atom. The summed E-state index contributed by atoms with van der Waals surface area (Å²) >= 11 is 0. The van der Waals surface area contributed by atoms with E-state index in [1.54, 1.807) is 26.8 Å². The zero-order valence-corrected chi connectivity index (χ0v) is 15.2. The normalized spacial score (nSPS) is 48.9. The minimum absolute atomic E-state index is 0.129. The van der Waals surface area contributed by atoms with Gasteiger partial charge in [-0.05, 0) is 19.4 Å². The van der Waals surface area contributed by atoms with E-state index in [1.165, 1.54) is 14.0 Å². The molecule has 1 heterocycles. The van der Waals surface area contributed by atoms with Crippen molar-refractivity contribution in [3.05, 3.63) is 11.6 Å². The lowest BCUT2D eigenvalue weighted by Crippen LogP contribution is -2.50. The molecule has 3 aliphatic rings. The topological polar surface area (TPSA) is 102 Å². The predicted molar refractivity (Wildman–Crippen MR) is 86.3 cm³/mol. The Labute approximate surface area is 146 Å². The minimum Gasteiger partial charge on any atom is -0.462 e. The Morgan fingerprint density at radius 1 is 1.36 bits per heavy atom. The minimum atomic E-state index is -1.35. The molecular weight excluding hydrogens is 328 g/mol. The molecule has 1 saturated carbocycles. The number of fused-ring (bicyclic) bond motifs is 3. The number of methoxy groups -OCH3 is 1.